The Labute approximate surface area is 132 Å². The van der Waals surface area contributed by atoms with E-state index in [0.717, 1.165) is 16.9 Å². The molecule has 2 aromatic rings. The van der Waals surface area contributed by atoms with E-state index in [1.807, 2.05) is 12.1 Å². The highest BCUT2D eigenvalue weighted by atomic mass is 35.5. The molecule has 0 saturated heterocycles. The first-order valence-electron chi connectivity index (χ1n) is 5.88. The summed E-state index contributed by atoms with van der Waals surface area (Å²) < 4.78 is 22.4. The van der Waals surface area contributed by atoms with E-state index in [-0.39, 0.29) is 10.1 Å². The van der Waals surface area contributed by atoms with Crippen molar-refractivity contribution in [1.29, 1.82) is 0 Å². The quantitative estimate of drug-likeness (QED) is 0.924. The number of benzene rings is 1. The molecule has 0 spiro atoms. The van der Waals surface area contributed by atoms with Gasteiger partial charge in [0, 0.05) is 24.0 Å². The minimum atomic E-state index is -3.77. The molecule has 1 aromatic carbocycles. The number of rotatable bonds is 4. The number of nitrogens with zero attached hydrogens (tertiary/aromatic N) is 1. The maximum Gasteiger partial charge on any atom is 0.254 e. The zero-order valence-corrected chi connectivity index (χ0v) is 13.5. The fourth-order valence-corrected chi connectivity index (χ4v) is 3.44. The van der Waals surface area contributed by atoms with E-state index < -0.39 is 10.0 Å². The number of thiophene rings is 1. The standard InChI is InChI=1S/C13H13ClN2O3S2/c1-16(7-9-2-4-11(14)5-3-9)13(17)10-6-12(20-8-10)21(15,18)19/h2-6,8H,7H2,1H3,(H2,15,18,19). The van der Waals surface area contributed by atoms with Crippen LogP contribution in [0.2, 0.25) is 5.02 Å². The molecule has 21 heavy (non-hydrogen) atoms. The van der Waals surface area contributed by atoms with Crippen LogP contribution in [0.1, 0.15) is 15.9 Å². The molecule has 0 aliphatic rings. The van der Waals surface area contributed by atoms with Crippen molar-refractivity contribution in [2.75, 3.05) is 7.05 Å². The number of halogens is 1. The van der Waals surface area contributed by atoms with E-state index in [0.29, 0.717) is 17.1 Å². The fourth-order valence-electron chi connectivity index (χ4n) is 1.73. The molecule has 2 N–H and O–H groups in total. The normalized spacial score (nSPS) is 11.4. The van der Waals surface area contributed by atoms with E-state index in [2.05, 4.69) is 0 Å². The van der Waals surface area contributed by atoms with Gasteiger partial charge in [-0.05, 0) is 23.8 Å². The third-order valence-electron chi connectivity index (χ3n) is 2.78. The topological polar surface area (TPSA) is 80.5 Å². The number of carbonyl (C=O) groups excluding carboxylic acids is 1. The number of hydrogen-bond acceptors (Lipinski definition) is 4. The lowest BCUT2D eigenvalue weighted by Gasteiger charge is -2.16. The Morgan fingerprint density at radius 2 is 1.95 bits per heavy atom. The molecule has 0 fully saturated rings. The van der Waals surface area contributed by atoms with Gasteiger partial charge >= 0.3 is 0 Å². The van der Waals surface area contributed by atoms with Gasteiger partial charge in [0.15, 0.2) is 0 Å². The summed E-state index contributed by atoms with van der Waals surface area (Å²) in [5.41, 5.74) is 1.23. The van der Waals surface area contributed by atoms with E-state index in [9.17, 15) is 13.2 Å². The summed E-state index contributed by atoms with van der Waals surface area (Å²) in [5.74, 6) is -0.267. The maximum absolute atomic E-state index is 12.2. The molecular weight excluding hydrogens is 332 g/mol. The minimum Gasteiger partial charge on any atom is -0.337 e. The molecule has 112 valence electrons. The first-order chi connectivity index (χ1) is 9.77. The van der Waals surface area contributed by atoms with Crippen LogP contribution in [0.3, 0.4) is 0 Å². The van der Waals surface area contributed by atoms with Gasteiger partial charge in [0.2, 0.25) is 10.0 Å². The highest BCUT2D eigenvalue weighted by Gasteiger charge is 2.18. The molecule has 0 radical (unpaired) electrons. The molecule has 1 heterocycles. The lowest BCUT2D eigenvalue weighted by molar-refractivity contribution is 0.0785. The second-order valence-electron chi connectivity index (χ2n) is 4.49. The number of primary sulfonamides is 1. The lowest BCUT2D eigenvalue weighted by atomic mass is 10.2. The molecule has 0 atom stereocenters. The van der Waals surface area contributed by atoms with Gasteiger partial charge in [0.05, 0.1) is 5.56 Å². The number of amides is 1. The number of nitrogens with two attached hydrogens (primary N) is 1. The van der Waals surface area contributed by atoms with Crippen molar-refractivity contribution in [2.24, 2.45) is 5.14 Å². The Bertz CT molecular complexity index is 754. The van der Waals surface area contributed by atoms with Crippen molar-refractivity contribution in [3.05, 3.63) is 51.9 Å². The van der Waals surface area contributed by atoms with Crippen LogP contribution in [-0.2, 0) is 16.6 Å². The van der Waals surface area contributed by atoms with Gasteiger partial charge in [-0.2, -0.15) is 0 Å². The number of carbonyl (C=O) groups is 1. The van der Waals surface area contributed by atoms with Crippen molar-refractivity contribution >= 4 is 38.9 Å². The van der Waals surface area contributed by atoms with Crippen LogP contribution in [0.25, 0.3) is 0 Å². The summed E-state index contributed by atoms with van der Waals surface area (Å²) in [6.07, 6.45) is 0. The van der Waals surface area contributed by atoms with Gasteiger partial charge in [-0.15, -0.1) is 11.3 Å². The van der Waals surface area contributed by atoms with Crippen LogP contribution in [0.15, 0.2) is 39.9 Å². The summed E-state index contributed by atoms with van der Waals surface area (Å²) in [4.78, 5) is 13.7. The SMILES string of the molecule is CN(Cc1ccc(Cl)cc1)C(=O)c1csc(S(N)(=O)=O)c1. The third-order valence-corrected chi connectivity index (χ3v) is 5.42. The van der Waals surface area contributed by atoms with Gasteiger partial charge in [0.25, 0.3) is 5.91 Å². The van der Waals surface area contributed by atoms with Crippen molar-refractivity contribution in [2.45, 2.75) is 10.8 Å². The molecule has 5 nitrogen and oxygen atoms in total. The molecule has 1 aromatic heterocycles. The predicted octanol–water partition coefficient (Wildman–Crippen LogP) is 2.32. The molecule has 2 rings (SSSR count). The van der Waals surface area contributed by atoms with Crippen LogP contribution in [0, 0.1) is 0 Å². The predicted molar refractivity (Wildman–Crippen MR) is 82.9 cm³/mol. The fraction of sp³-hybridized carbons (Fsp3) is 0.154. The summed E-state index contributed by atoms with van der Waals surface area (Å²) in [6, 6.07) is 8.45. The monoisotopic (exact) mass is 344 g/mol. The van der Waals surface area contributed by atoms with Gasteiger partial charge in [-0.3, -0.25) is 4.79 Å². The van der Waals surface area contributed by atoms with Crippen LogP contribution in [0.5, 0.6) is 0 Å². The zero-order valence-electron chi connectivity index (χ0n) is 11.1. The van der Waals surface area contributed by atoms with Gasteiger partial charge in [-0.25, -0.2) is 13.6 Å². The van der Waals surface area contributed by atoms with Crippen LogP contribution in [-0.4, -0.2) is 26.3 Å². The first kappa shape index (κ1) is 16.0. The second kappa shape index (κ2) is 6.15. The van der Waals surface area contributed by atoms with Crippen LogP contribution < -0.4 is 5.14 Å². The van der Waals surface area contributed by atoms with Crippen molar-refractivity contribution < 1.29 is 13.2 Å². The van der Waals surface area contributed by atoms with Crippen molar-refractivity contribution in [3.8, 4) is 0 Å². The molecular formula is C13H13ClN2O3S2. The highest BCUT2D eigenvalue weighted by molar-refractivity contribution is 7.91. The van der Waals surface area contributed by atoms with E-state index in [4.69, 9.17) is 16.7 Å². The van der Waals surface area contributed by atoms with Gasteiger partial charge in [0.1, 0.15) is 4.21 Å². The van der Waals surface area contributed by atoms with Crippen LogP contribution >= 0.6 is 22.9 Å². The zero-order chi connectivity index (χ0) is 15.6. The molecule has 0 bridgehead atoms. The van der Waals surface area contributed by atoms with Crippen molar-refractivity contribution in [1.82, 2.24) is 4.90 Å². The second-order valence-corrected chi connectivity index (χ2v) is 7.62. The molecule has 0 unspecified atom stereocenters. The summed E-state index contributed by atoms with van der Waals surface area (Å²) in [7, 11) is -2.13. The van der Waals surface area contributed by atoms with E-state index in [1.165, 1.54) is 16.3 Å². The van der Waals surface area contributed by atoms with Crippen LogP contribution in [0.4, 0.5) is 0 Å². The first-order valence-corrected chi connectivity index (χ1v) is 8.69. The Morgan fingerprint density at radius 3 is 2.48 bits per heavy atom. The smallest absolute Gasteiger partial charge is 0.254 e. The lowest BCUT2D eigenvalue weighted by Crippen LogP contribution is -2.25. The average Bonchev–Trinajstić information content (AvgIpc) is 2.90. The van der Waals surface area contributed by atoms with Gasteiger partial charge in [-0.1, -0.05) is 23.7 Å². The highest BCUT2D eigenvalue weighted by Crippen LogP contribution is 2.20. The maximum atomic E-state index is 12.2. The third kappa shape index (κ3) is 4.04. The number of hydrogen-bond donors (Lipinski definition) is 1. The largest absolute Gasteiger partial charge is 0.337 e. The summed E-state index contributed by atoms with van der Waals surface area (Å²) >= 11 is 6.74. The van der Waals surface area contributed by atoms with Crippen molar-refractivity contribution in [3.63, 3.8) is 0 Å². The Morgan fingerprint density at radius 1 is 1.33 bits per heavy atom. The van der Waals surface area contributed by atoms with Gasteiger partial charge < -0.3 is 4.90 Å². The molecule has 1 amide bonds. The minimum absolute atomic E-state index is 0.0225. The summed E-state index contributed by atoms with van der Waals surface area (Å²) in [5, 5.41) is 7.14. The Balaban J connectivity index is 2.12. The molecule has 0 aliphatic heterocycles. The molecule has 8 heteroatoms. The average molecular weight is 345 g/mol. The molecule has 0 aliphatic carbocycles. The molecule has 0 saturated carbocycles. The Kier molecular flexibility index (Phi) is 4.67. The number of sulfonamides is 1. The van der Waals surface area contributed by atoms with E-state index >= 15 is 0 Å². The summed E-state index contributed by atoms with van der Waals surface area (Å²) in [6.45, 7) is 0.399. The Hall–Kier alpha value is -1.41. The van der Waals surface area contributed by atoms with E-state index in [1.54, 1.807) is 19.2 Å².